The molecule has 0 aliphatic rings. The molecule has 8 nitrogen and oxygen atoms in total. The van der Waals surface area contributed by atoms with Gasteiger partial charge in [0.1, 0.15) is 5.75 Å². The molecule has 26 heavy (non-hydrogen) atoms. The van der Waals surface area contributed by atoms with Gasteiger partial charge in [-0.15, -0.1) is 0 Å². The lowest BCUT2D eigenvalue weighted by molar-refractivity contribution is -0.115. The second kappa shape index (κ2) is 8.80. The van der Waals surface area contributed by atoms with Crippen LogP contribution in [0.4, 0.5) is 0 Å². The van der Waals surface area contributed by atoms with Gasteiger partial charge in [0.15, 0.2) is 17.2 Å². The Hall–Kier alpha value is -3.16. The van der Waals surface area contributed by atoms with Crippen LogP contribution in [0.1, 0.15) is 16.2 Å². The number of benzene rings is 1. The van der Waals surface area contributed by atoms with Gasteiger partial charge in [0.2, 0.25) is 6.41 Å². The number of para-hydroxylation sites is 2. The first-order valence-corrected chi connectivity index (χ1v) is 7.77. The third-order valence-corrected chi connectivity index (χ3v) is 3.50. The minimum absolute atomic E-state index is 0.000463. The molecule has 0 saturated carbocycles. The summed E-state index contributed by atoms with van der Waals surface area (Å²) >= 11 is 0. The molecule has 0 aliphatic carbocycles. The van der Waals surface area contributed by atoms with Crippen molar-refractivity contribution in [3.05, 3.63) is 35.7 Å². The van der Waals surface area contributed by atoms with Crippen molar-refractivity contribution in [2.45, 2.75) is 6.92 Å². The molecule has 0 saturated heterocycles. The van der Waals surface area contributed by atoms with E-state index in [0.717, 1.165) is 6.41 Å². The first-order chi connectivity index (χ1) is 12.2. The maximum atomic E-state index is 12.3. The van der Waals surface area contributed by atoms with Gasteiger partial charge in [-0.05, 0) is 19.1 Å². The van der Waals surface area contributed by atoms with Crippen LogP contribution < -0.4 is 4.74 Å². The molecule has 0 unspecified atom stereocenters. The normalized spacial score (nSPS) is 9.77. The van der Waals surface area contributed by atoms with E-state index in [0.29, 0.717) is 17.1 Å². The van der Waals surface area contributed by atoms with Gasteiger partial charge < -0.3 is 24.7 Å². The van der Waals surface area contributed by atoms with E-state index in [9.17, 15) is 19.8 Å². The molecular formula is C18H25N3O5. The molecule has 142 valence electrons. The third-order valence-electron chi connectivity index (χ3n) is 3.50. The van der Waals surface area contributed by atoms with Crippen molar-refractivity contribution in [2.75, 3.05) is 35.3 Å². The standard InChI is InChI=1S/C15H18N2O4.C3H7NO/c1-9-13(18)14(19)12(15(20)16(2)3)17(9)10-7-5-6-8-11(10)21-4;1-4(2)3-5/h5-8,18-19H,1-4H3;3H,1-2H3. The van der Waals surface area contributed by atoms with E-state index in [4.69, 9.17) is 4.74 Å². The Labute approximate surface area is 152 Å². The Morgan fingerprint density at radius 3 is 2.12 bits per heavy atom. The number of ether oxygens (including phenoxy) is 1. The summed E-state index contributed by atoms with van der Waals surface area (Å²) in [7, 11) is 8.05. The van der Waals surface area contributed by atoms with Crippen molar-refractivity contribution in [2.24, 2.45) is 0 Å². The van der Waals surface area contributed by atoms with Crippen LogP contribution >= 0.6 is 0 Å². The smallest absolute Gasteiger partial charge is 0.274 e. The Morgan fingerprint density at radius 2 is 1.65 bits per heavy atom. The summed E-state index contributed by atoms with van der Waals surface area (Å²) < 4.78 is 6.78. The van der Waals surface area contributed by atoms with Crippen molar-refractivity contribution in [3.63, 3.8) is 0 Å². The Kier molecular flexibility index (Phi) is 7.06. The van der Waals surface area contributed by atoms with Crippen LogP contribution in [0.25, 0.3) is 5.69 Å². The summed E-state index contributed by atoms with van der Waals surface area (Å²) in [5.74, 6) is -0.631. The highest BCUT2D eigenvalue weighted by molar-refractivity contribution is 5.97. The maximum Gasteiger partial charge on any atom is 0.274 e. The molecule has 2 amide bonds. The molecule has 1 aromatic heterocycles. The zero-order valence-corrected chi connectivity index (χ0v) is 15.8. The van der Waals surface area contributed by atoms with Gasteiger partial charge >= 0.3 is 0 Å². The highest BCUT2D eigenvalue weighted by Crippen LogP contribution is 2.39. The summed E-state index contributed by atoms with van der Waals surface area (Å²) in [6.07, 6.45) is 0.750. The second-order valence-electron chi connectivity index (χ2n) is 5.91. The highest BCUT2D eigenvalue weighted by atomic mass is 16.5. The van der Waals surface area contributed by atoms with Gasteiger partial charge in [0, 0.05) is 28.2 Å². The lowest BCUT2D eigenvalue weighted by Gasteiger charge is -2.16. The predicted molar refractivity (Wildman–Crippen MR) is 98.2 cm³/mol. The minimum atomic E-state index is -0.433. The Bertz CT molecular complexity index is 781. The lowest BCUT2D eigenvalue weighted by atomic mass is 10.2. The number of carbonyl (C=O) groups excluding carboxylic acids is 2. The van der Waals surface area contributed by atoms with E-state index in [2.05, 4.69) is 0 Å². The third kappa shape index (κ3) is 4.27. The Morgan fingerprint density at radius 1 is 1.12 bits per heavy atom. The van der Waals surface area contributed by atoms with Crippen molar-refractivity contribution < 1.29 is 24.5 Å². The summed E-state index contributed by atoms with van der Waals surface area (Å²) in [6.45, 7) is 1.62. The molecule has 0 fully saturated rings. The number of carbonyl (C=O) groups is 2. The van der Waals surface area contributed by atoms with Crippen LogP contribution in [0.15, 0.2) is 24.3 Å². The van der Waals surface area contributed by atoms with E-state index < -0.39 is 11.7 Å². The van der Waals surface area contributed by atoms with Gasteiger partial charge in [-0.3, -0.25) is 14.2 Å². The van der Waals surface area contributed by atoms with E-state index >= 15 is 0 Å². The molecule has 1 aromatic carbocycles. The van der Waals surface area contributed by atoms with Crippen LogP contribution in [0, 0.1) is 6.92 Å². The van der Waals surface area contributed by atoms with Gasteiger partial charge in [0.25, 0.3) is 5.91 Å². The molecule has 0 aliphatic heterocycles. The molecule has 1 heterocycles. The molecular weight excluding hydrogens is 338 g/mol. The number of hydrogen-bond acceptors (Lipinski definition) is 5. The number of methoxy groups -OCH3 is 1. The van der Waals surface area contributed by atoms with Crippen molar-refractivity contribution in [1.82, 2.24) is 14.4 Å². The largest absolute Gasteiger partial charge is 0.503 e. The molecule has 0 bridgehead atoms. The summed E-state index contributed by atoms with van der Waals surface area (Å²) in [6, 6.07) is 7.08. The number of aromatic nitrogens is 1. The van der Waals surface area contributed by atoms with Gasteiger partial charge in [-0.1, -0.05) is 12.1 Å². The summed E-state index contributed by atoms with van der Waals surface area (Å²) in [5, 5.41) is 20.1. The molecule has 2 rings (SSSR count). The topological polar surface area (TPSA) is 95.2 Å². The number of nitrogens with zero attached hydrogens (tertiary/aromatic N) is 3. The molecule has 0 atom stereocenters. The van der Waals surface area contributed by atoms with Crippen LogP contribution in [-0.4, -0.2) is 72.2 Å². The lowest BCUT2D eigenvalue weighted by Crippen LogP contribution is -2.24. The zero-order chi connectivity index (χ0) is 20.0. The van der Waals surface area contributed by atoms with Crippen LogP contribution in [0.2, 0.25) is 0 Å². The molecule has 2 N–H and O–H groups in total. The summed E-state index contributed by atoms with van der Waals surface area (Å²) in [4.78, 5) is 24.5. The minimum Gasteiger partial charge on any atom is -0.503 e. The average molecular weight is 363 g/mol. The van der Waals surface area contributed by atoms with Gasteiger partial charge in [0.05, 0.1) is 18.5 Å². The first kappa shape index (κ1) is 20.9. The second-order valence-corrected chi connectivity index (χ2v) is 5.91. The number of hydrogen-bond donors (Lipinski definition) is 2. The van der Waals surface area contributed by atoms with Crippen LogP contribution in [0.5, 0.6) is 17.2 Å². The zero-order valence-electron chi connectivity index (χ0n) is 15.8. The monoisotopic (exact) mass is 363 g/mol. The van der Waals surface area contributed by atoms with Crippen LogP contribution in [-0.2, 0) is 4.79 Å². The Balaban J connectivity index is 0.000000597. The molecule has 2 aromatic rings. The SMILES string of the molecule is CN(C)C=O.COc1ccccc1-n1c(C)c(O)c(O)c1C(=O)N(C)C. The van der Waals surface area contributed by atoms with Crippen molar-refractivity contribution in [1.29, 1.82) is 0 Å². The predicted octanol–water partition coefficient (Wildman–Crippen LogP) is 1.61. The van der Waals surface area contributed by atoms with Gasteiger partial charge in [-0.2, -0.15) is 0 Å². The highest BCUT2D eigenvalue weighted by Gasteiger charge is 2.28. The fraction of sp³-hybridized carbons (Fsp3) is 0.333. The van der Waals surface area contributed by atoms with Gasteiger partial charge in [-0.25, -0.2) is 0 Å². The van der Waals surface area contributed by atoms with Crippen molar-refractivity contribution >= 4 is 12.3 Å². The molecule has 0 spiro atoms. The van der Waals surface area contributed by atoms with E-state index in [-0.39, 0.29) is 11.4 Å². The molecule has 0 radical (unpaired) electrons. The number of aromatic hydroxyl groups is 2. The number of rotatable bonds is 4. The van der Waals surface area contributed by atoms with E-state index in [1.807, 2.05) is 0 Å². The van der Waals surface area contributed by atoms with E-state index in [1.54, 1.807) is 59.4 Å². The fourth-order valence-electron chi connectivity index (χ4n) is 2.19. The fourth-order valence-corrected chi connectivity index (χ4v) is 2.19. The van der Waals surface area contributed by atoms with E-state index in [1.165, 1.54) is 21.5 Å². The van der Waals surface area contributed by atoms with Crippen LogP contribution in [0.3, 0.4) is 0 Å². The number of amides is 2. The van der Waals surface area contributed by atoms with Crippen molar-refractivity contribution in [3.8, 4) is 22.9 Å². The quantitative estimate of drug-likeness (QED) is 0.805. The summed E-state index contributed by atoms with van der Waals surface area (Å²) in [5.41, 5.74) is 0.931. The maximum absolute atomic E-state index is 12.3. The first-order valence-electron chi connectivity index (χ1n) is 7.77. The molecule has 8 heteroatoms. The average Bonchev–Trinajstić information content (AvgIpc) is 2.85.